The first-order valence-corrected chi connectivity index (χ1v) is 7.98. The maximum absolute atomic E-state index is 11.9. The number of nitrogens with one attached hydrogen (secondary N) is 2. The molecule has 0 radical (unpaired) electrons. The van der Waals surface area contributed by atoms with Crippen molar-refractivity contribution in [2.75, 3.05) is 6.54 Å². The summed E-state index contributed by atoms with van der Waals surface area (Å²) >= 11 is 1.59. The van der Waals surface area contributed by atoms with Gasteiger partial charge >= 0.3 is 12.0 Å². The van der Waals surface area contributed by atoms with Gasteiger partial charge in [-0.15, -0.1) is 11.3 Å². The van der Waals surface area contributed by atoms with Crippen molar-refractivity contribution in [1.82, 2.24) is 15.6 Å². The average Bonchev–Trinajstić information content (AvgIpc) is 2.98. The van der Waals surface area contributed by atoms with Crippen LogP contribution in [0.15, 0.2) is 5.38 Å². The molecule has 1 saturated carbocycles. The number of amides is 2. The molecule has 3 N–H and O–H groups in total. The Morgan fingerprint density at radius 2 is 2.33 bits per heavy atom. The van der Waals surface area contributed by atoms with Crippen LogP contribution in [-0.4, -0.2) is 34.7 Å². The first kappa shape index (κ1) is 15.8. The van der Waals surface area contributed by atoms with Gasteiger partial charge < -0.3 is 15.7 Å². The third-order valence-corrected chi connectivity index (χ3v) is 4.91. The predicted octanol–water partition coefficient (Wildman–Crippen LogP) is 1.94. The normalized spacial score (nSPS) is 24.8. The molecule has 21 heavy (non-hydrogen) atoms. The molecule has 0 aromatic carbocycles. The number of hydrogen-bond acceptors (Lipinski definition) is 4. The number of aliphatic carboxylic acids is 1. The zero-order valence-corrected chi connectivity index (χ0v) is 13.1. The van der Waals surface area contributed by atoms with Crippen LogP contribution in [0.4, 0.5) is 4.79 Å². The Morgan fingerprint density at radius 1 is 1.57 bits per heavy atom. The molecule has 1 heterocycles. The Kier molecular flexibility index (Phi) is 4.82. The summed E-state index contributed by atoms with van der Waals surface area (Å²) in [5, 5.41) is 17.9. The second-order valence-corrected chi connectivity index (χ2v) is 6.74. The number of aryl methyl sites for hydroxylation is 1. The van der Waals surface area contributed by atoms with Crippen molar-refractivity contribution in [2.24, 2.45) is 5.41 Å². The maximum Gasteiger partial charge on any atom is 0.315 e. The van der Waals surface area contributed by atoms with Crippen LogP contribution in [0.2, 0.25) is 0 Å². The van der Waals surface area contributed by atoms with E-state index in [0.717, 1.165) is 17.1 Å². The third kappa shape index (κ3) is 3.72. The third-order valence-electron chi connectivity index (χ3n) is 4.09. The largest absolute Gasteiger partial charge is 0.481 e. The minimum Gasteiger partial charge on any atom is -0.481 e. The van der Waals surface area contributed by atoms with Crippen molar-refractivity contribution < 1.29 is 14.7 Å². The lowest BCUT2D eigenvalue weighted by atomic mass is 9.85. The van der Waals surface area contributed by atoms with Gasteiger partial charge in [-0.1, -0.05) is 6.42 Å². The molecule has 6 nitrogen and oxygen atoms in total. The Balaban J connectivity index is 1.78. The number of rotatable bonds is 5. The molecule has 0 saturated heterocycles. The van der Waals surface area contributed by atoms with E-state index in [1.165, 1.54) is 0 Å². The molecule has 7 heteroatoms. The number of thiazole rings is 1. The fourth-order valence-corrected chi connectivity index (χ4v) is 3.34. The van der Waals surface area contributed by atoms with E-state index in [-0.39, 0.29) is 12.1 Å². The van der Waals surface area contributed by atoms with Gasteiger partial charge in [0.25, 0.3) is 0 Å². The molecule has 2 unspecified atom stereocenters. The van der Waals surface area contributed by atoms with E-state index in [2.05, 4.69) is 15.6 Å². The Morgan fingerprint density at radius 3 is 2.95 bits per heavy atom. The highest BCUT2D eigenvalue weighted by atomic mass is 32.1. The fourth-order valence-electron chi connectivity index (χ4n) is 2.69. The molecule has 0 aliphatic heterocycles. The summed E-state index contributed by atoms with van der Waals surface area (Å²) in [4.78, 5) is 27.5. The van der Waals surface area contributed by atoms with Gasteiger partial charge in [-0.05, 0) is 26.7 Å². The maximum atomic E-state index is 11.9. The van der Waals surface area contributed by atoms with E-state index in [4.69, 9.17) is 0 Å². The minimum absolute atomic E-state index is 0.304. The standard InChI is InChI=1S/C14H21N3O3S/c1-9-16-10(8-21-9)5-7-15-13(20)17-11-4-3-6-14(11,2)12(18)19/h8,11H,3-7H2,1-2H3,(H,18,19)(H2,15,17,20). The first-order valence-electron chi connectivity index (χ1n) is 7.10. The van der Waals surface area contributed by atoms with E-state index < -0.39 is 11.4 Å². The van der Waals surface area contributed by atoms with Crippen molar-refractivity contribution in [3.05, 3.63) is 16.1 Å². The van der Waals surface area contributed by atoms with Crippen LogP contribution in [0, 0.1) is 12.3 Å². The molecule has 1 aliphatic carbocycles. The molecule has 1 aromatic heterocycles. The van der Waals surface area contributed by atoms with Crippen LogP contribution in [0.3, 0.4) is 0 Å². The van der Waals surface area contributed by atoms with E-state index in [0.29, 0.717) is 25.8 Å². The lowest BCUT2D eigenvalue weighted by molar-refractivity contribution is -0.148. The zero-order valence-electron chi connectivity index (χ0n) is 12.3. The number of carboxylic acids is 1. The molecule has 2 amide bonds. The fraction of sp³-hybridized carbons (Fsp3) is 0.643. The van der Waals surface area contributed by atoms with Gasteiger partial charge in [-0.2, -0.15) is 0 Å². The minimum atomic E-state index is -0.858. The van der Waals surface area contributed by atoms with Gasteiger partial charge in [0.05, 0.1) is 16.1 Å². The second kappa shape index (κ2) is 6.43. The van der Waals surface area contributed by atoms with E-state index in [9.17, 15) is 14.7 Å². The van der Waals surface area contributed by atoms with Gasteiger partial charge in [0.2, 0.25) is 0 Å². The smallest absolute Gasteiger partial charge is 0.315 e. The summed E-state index contributed by atoms with van der Waals surface area (Å²) in [5.74, 6) is -0.844. The van der Waals surface area contributed by atoms with Crippen molar-refractivity contribution in [3.63, 3.8) is 0 Å². The monoisotopic (exact) mass is 311 g/mol. The molecule has 0 spiro atoms. The van der Waals surface area contributed by atoms with Crippen LogP contribution in [-0.2, 0) is 11.2 Å². The lowest BCUT2D eigenvalue weighted by Gasteiger charge is -2.27. The van der Waals surface area contributed by atoms with Crippen molar-refractivity contribution in [3.8, 4) is 0 Å². The van der Waals surface area contributed by atoms with Crippen LogP contribution in [0.25, 0.3) is 0 Å². The number of aromatic nitrogens is 1. The molecule has 2 rings (SSSR count). The van der Waals surface area contributed by atoms with Crippen LogP contribution < -0.4 is 10.6 Å². The van der Waals surface area contributed by atoms with E-state index >= 15 is 0 Å². The zero-order chi connectivity index (χ0) is 15.5. The number of nitrogens with zero attached hydrogens (tertiary/aromatic N) is 1. The van der Waals surface area contributed by atoms with Crippen LogP contribution in [0.5, 0.6) is 0 Å². The predicted molar refractivity (Wildman–Crippen MR) is 80.5 cm³/mol. The highest BCUT2D eigenvalue weighted by Crippen LogP contribution is 2.38. The highest BCUT2D eigenvalue weighted by molar-refractivity contribution is 7.09. The number of carboxylic acid groups (broad SMARTS) is 1. The quantitative estimate of drug-likeness (QED) is 0.775. The van der Waals surface area contributed by atoms with E-state index in [1.54, 1.807) is 18.3 Å². The van der Waals surface area contributed by atoms with Crippen LogP contribution in [0.1, 0.15) is 36.9 Å². The SMILES string of the molecule is Cc1nc(CCNC(=O)NC2CCCC2(C)C(=O)O)cs1. The molecular formula is C14H21N3O3S. The summed E-state index contributed by atoms with van der Waals surface area (Å²) < 4.78 is 0. The van der Waals surface area contributed by atoms with E-state index in [1.807, 2.05) is 12.3 Å². The molecule has 1 aromatic rings. The number of hydrogen-bond donors (Lipinski definition) is 3. The number of urea groups is 1. The summed E-state index contributed by atoms with van der Waals surface area (Å²) in [7, 11) is 0. The highest BCUT2D eigenvalue weighted by Gasteiger charge is 2.45. The summed E-state index contributed by atoms with van der Waals surface area (Å²) in [6, 6.07) is -0.613. The van der Waals surface area contributed by atoms with Gasteiger partial charge in [-0.3, -0.25) is 4.79 Å². The Labute approximate surface area is 128 Å². The summed E-state index contributed by atoms with van der Waals surface area (Å²) in [6.07, 6.45) is 2.82. The van der Waals surface area contributed by atoms with Crippen molar-refractivity contribution in [1.29, 1.82) is 0 Å². The topological polar surface area (TPSA) is 91.3 Å². The Bertz CT molecular complexity index is 531. The van der Waals surface area contributed by atoms with Gasteiger partial charge in [0.15, 0.2) is 0 Å². The Hall–Kier alpha value is -1.63. The molecule has 0 bridgehead atoms. The number of carbonyl (C=O) groups excluding carboxylic acids is 1. The molecular weight excluding hydrogens is 290 g/mol. The first-order chi connectivity index (χ1) is 9.91. The molecule has 2 atom stereocenters. The average molecular weight is 311 g/mol. The summed E-state index contributed by atoms with van der Waals surface area (Å²) in [6.45, 7) is 4.14. The van der Waals surface area contributed by atoms with Gasteiger partial charge in [0.1, 0.15) is 0 Å². The van der Waals surface area contributed by atoms with Gasteiger partial charge in [0, 0.05) is 24.4 Å². The van der Waals surface area contributed by atoms with Crippen molar-refractivity contribution >= 4 is 23.3 Å². The second-order valence-electron chi connectivity index (χ2n) is 5.68. The molecule has 1 fully saturated rings. The lowest BCUT2D eigenvalue weighted by Crippen LogP contribution is -2.50. The number of carbonyl (C=O) groups is 2. The van der Waals surface area contributed by atoms with Crippen molar-refractivity contribution in [2.45, 2.75) is 45.6 Å². The molecule has 116 valence electrons. The van der Waals surface area contributed by atoms with Gasteiger partial charge in [-0.25, -0.2) is 9.78 Å². The van der Waals surface area contributed by atoms with Crippen LogP contribution >= 0.6 is 11.3 Å². The molecule has 1 aliphatic rings. The summed E-state index contributed by atoms with van der Waals surface area (Å²) in [5.41, 5.74) is 0.109.